The van der Waals surface area contributed by atoms with Crippen LogP contribution in [0.3, 0.4) is 0 Å². The second kappa shape index (κ2) is 3.89. The molecule has 2 rings (SSSR count). The van der Waals surface area contributed by atoms with Crippen molar-refractivity contribution in [1.29, 1.82) is 0 Å². The molecule has 0 aliphatic rings. The van der Waals surface area contributed by atoms with Crippen molar-refractivity contribution < 1.29 is 9.90 Å². The van der Waals surface area contributed by atoms with Gasteiger partial charge in [-0.25, -0.2) is 24.7 Å². The zero-order valence-corrected chi connectivity index (χ0v) is 9.02. The van der Waals surface area contributed by atoms with Crippen molar-refractivity contribution in [3.63, 3.8) is 0 Å². The van der Waals surface area contributed by atoms with Crippen LogP contribution in [0.25, 0.3) is 11.2 Å². The Morgan fingerprint density at radius 2 is 2.19 bits per heavy atom. The Morgan fingerprint density at radius 1 is 1.44 bits per heavy atom. The van der Waals surface area contributed by atoms with Crippen LogP contribution < -0.4 is 5.73 Å². The fourth-order valence-electron chi connectivity index (χ4n) is 1.10. The van der Waals surface area contributed by atoms with Gasteiger partial charge in [-0.1, -0.05) is 11.8 Å². The molecule has 0 saturated heterocycles. The minimum Gasteiger partial charge on any atom is -0.476 e. The number of nitrogens with zero attached hydrogens (tertiary/aromatic N) is 4. The lowest BCUT2D eigenvalue weighted by molar-refractivity contribution is 0.0690. The smallest absolute Gasteiger partial charge is 0.356 e. The average molecular weight is 237 g/mol. The van der Waals surface area contributed by atoms with Crippen LogP contribution in [0.15, 0.2) is 11.4 Å². The van der Waals surface area contributed by atoms with Crippen LogP contribution >= 0.6 is 11.8 Å². The molecule has 2 aromatic rings. The molecular weight excluding hydrogens is 230 g/mol. The fraction of sp³-hybridized carbons (Fsp3) is 0.125. The maximum atomic E-state index is 10.7. The van der Waals surface area contributed by atoms with Crippen LogP contribution in [0, 0.1) is 0 Å². The number of fused-ring (bicyclic) bond motifs is 1. The monoisotopic (exact) mass is 237 g/mol. The molecule has 2 heterocycles. The SMILES string of the molecule is CSc1nc(N)c2nc(C(=O)O)cnc2n1. The number of thioether (sulfide) groups is 1. The molecule has 0 unspecified atom stereocenters. The lowest BCUT2D eigenvalue weighted by atomic mass is 10.4. The molecule has 2 aromatic heterocycles. The molecule has 0 bridgehead atoms. The number of rotatable bonds is 2. The predicted molar refractivity (Wildman–Crippen MR) is 58.3 cm³/mol. The molecule has 8 heteroatoms. The molecule has 0 aliphatic carbocycles. The maximum Gasteiger partial charge on any atom is 0.356 e. The van der Waals surface area contributed by atoms with E-state index in [1.165, 1.54) is 11.8 Å². The van der Waals surface area contributed by atoms with E-state index in [0.717, 1.165) is 6.20 Å². The average Bonchev–Trinajstić information content (AvgIpc) is 2.28. The highest BCUT2D eigenvalue weighted by molar-refractivity contribution is 7.98. The number of hydrogen-bond acceptors (Lipinski definition) is 7. The van der Waals surface area contributed by atoms with Gasteiger partial charge in [-0.3, -0.25) is 0 Å². The molecule has 0 aromatic carbocycles. The van der Waals surface area contributed by atoms with Crippen LogP contribution in [-0.4, -0.2) is 37.3 Å². The largest absolute Gasteiger partial charge is 0.476 e. The Morgan fingerprint density at radius 3 is 2.81 bits per heavy atom. The Hall–Kier alpha value is -1.96. The van der Waals surface area contributed by atoms with E-state index >= 15 is 0 Å². The van der Waals surface area contributed by atoms with Gasteiger partial charge in [0.1, 0.15) is 0 Å². The molecule has 16 heavy (non-hydrogen) atoms. The van der Waals surface area contributed by atoms with Gasteiger partial charge < -0.3 is 10.8 Å². The van der Waals surface area contributed by atoms with Gasteiger partial charge in [0, 0.05) is 0 Å². The lowest BCUT2D eigenvalue weighted by Crippen LogP contribution is -2.05. The minimum atomic E-state index is -1.16. The summed E-state index contributed by atoms with van der Waals surface area (Å²) in [5.74, 6) is -1.03. The summed E-state index contributed by atoms with van der Waals surface area (Å²) in [4.78, 5) is 26.4. The number of carboxylic acids is 1. The third-order valence-electron chi connectivity index (χ3n) is 1.82. The first-order valence-corrected chi connectivity index (χ1v) is 5.42. The van der Waals surface area contributed by atoms with Crippen LogP contribution in [0.2, 0.25) is 0 Å². The lowest BCUT2D eigenvalue weighted by Gasteiger charge is -2.02. The molecule has 0 aliphatic heterocycles. The number of aromatic carboxylic acids is 1. The Kier molecular flexibility index (Phi) is 2.57. The van der Waals surface area contributed by atoms with Gasteiger partial charge >= 0.3 is 5.97 Å². The van der Waals surface area contributed by atoms with E-state index in [2.05, 4.69) is 19.9 Å². The highest BCUT2D eigenvalue weighted by atomic mass is 32.2. The first kappa shape index (κ1) is 10.6. The Bertz CT molecular complexity index is 574. The van der Waals surface area contributed by atoms with Gasteiger partial charge in [0.05, 0.1) is 6.20 Å². The first-order chi connectivity index (χ1) is 7.61. The van der Waals surface area contributed by atoms with Gasteiger partial charge in [-0.2, -0.15) is 0 Å². The topological polar surface area (TPSA) is 115 Å². The van der Waals surface area contributed by atoms with Gasteiger partial charge in [-0.05, 0) is 6.26 Å². The van der Waals surface area contributed by atoms with E-state index in [1.807, 2.05) is 0 Å². The van der Waals surface area contributed by atoms with Gasteiger partial charge in [0.25, 0.3) is 0 Å². The Labute approximate surface area is 94.1 Å². The quantitative estimate of drug-likeness (QED) is 0.570. The summed E-state index contributed by atoms with van der Waals surface area (Å²) < 4.78 is 0. The summed E-state index contributed by atoms with van der Waals surface area (Å²) in [6.45, 7) is 0. The zero-order chi connectivity index (χ0) is 11.7. The summed E-state index contributed by atoms with van der Waals surface area (Å²) in [7, 11) is 0. The van der Waals surface area contributed by atoms with Crippen LogP contribution in [0.1, 0.15) is 10.5 Å². The van der Waals surface area contributed by atoms with Gasteiger partial charge in [0.15, 0.2) is 27.8 Å². The molecular formula is C8H7N5O2S. The molecule has 0 atom stereocenters. The number of nitrogen functional groups attached to an aromatic ring is 1. The van der Waals surface area contributed by atoms with E-state index in [0.29, 0.717) is 10.8 Å². The van der Waals surface area contributed by atoms with Crippen molar-refractivity contribution in [1.82, 2.24) is 19.9 Å². The summed E-state index contributed by atoms with van der Waals surface area (Å²) in [6.07, 6.45) is 2.95. The number of carbonyl (C=O) groups is 1. The van der Waals surface area contributed by atoms with Gasteiger partial charge in [-0.15, -0.1) is 0 Å². The van der Waals surface area contributed by atoms with Crippen molar-refractivity contribution >= 4 is 34.7 Å². The number of anilines is 1. The third kappa shape index (κ3) is 1.74. The van der Waals surface area contributed by atoms with Crippen LogP contribution in [0.5, 0.6) is 0 Å². The highest BCUT2D eigenvalue weighted by Crippen LogP contribution is 2.17. The molecule has 0 spiro atoms. The number of hydrogen-bond donors (Lipinski definition) is 2. The van der Waals surface area contributed by atoms with E-state index in [9.17, 15) is 4.79 Å². The third-order valence-corrected chi connectivity index (χ3v) is 2.36. The Balaban J connectivity index is 2.70. The number of nitrogens with two attached hydrogens (primary N) is 1. The molecule has 7 nitrogen and oxygen atoms in total. The maximum absolute atomic E-state index is 10.7. The first-order valence-electron chi connectivity index (χ1n) is 4.19. The highest BCUT2D eigenvalue weighted by Gasteiger charge is 2.11. The second-order valence-electron chi connectivity index (χ2n) is 2.83. The van der Waals surface area contributed by atoms with Gasteiger partial charge in [0.2, 0.25) is 0 Å². The van der Waals surface area contributed by atoms with E-state index in [1.54, 1.807) is 6.26 Å². The van der Waals surface area contributed by atoms with E-state index in [-0.39, 0.29) is 17.0 Å². The summed E-state index contributed by atoms with van der Waals surface area (Å²) in [5, 5.41) is 9.22. The zero-order valence-electron chi connectivity index (χ0n) is 8.21. The molecule has 0 fully saturated rings. The normalized spacial score (nSPS) is 10.6. The summed E-state index contributed by atoms with van der Waals surface area (Å²) >= 11 is 1.32. The van der Waals surface area contributed by atoms with Crippen LogP contribution in [-0.2, 0) is 0 Å². The predicted octanol–water partition coefficient (Wildman–Crippen LogP) is 0.422. The number of aromatic nitrogens is 4. The molecule has 0 amide bonds. The minimum absolute atomic E-state index is 0.130. The number of carboxylic acid groups (broad SMARTS) is 1. The van der Waals surface area contributed by atoms with Crippen molar-refractivity contribution in [3.05, 3.63) is 11.9 Å². The molecule has 0 saturated carbocycles. The second-order valence-corrected chi connectivity index (χ2v) is 3.60. The summed E-state index contributed by atoms with van der Waals surface area (Å²) in [6, 6.07) is 0. The van der Waals surface area contributed by atoms with Crippen molar-refractivity contribution in [2.75, 3.05) is 12.0 Å². The standard InChI is InChI=1S/C8H7N5O2S/c1-16-8-12-5(9)4-6(13-8)10-2-3(11-4)7(14)15/h2H,1H3,(H,14,15)(H2,9,10,12,13). The molecule has 0 radical (unpaired) electrons. The van der Waals surface area contributed by atoms with Crippen molar-refractivity contribution in [2.45, 2.75) is 5.16 Å². The van der Waals surface area contributed by atoms with E-state index in [4.69, 9.17) is 10.8 Å². The fourth-order valence-corrected chi connectivity index (χ4v) is 1.47. The summed E-state index contributed by atoms with van der Waals surface area (Å²) in [5.41, 5.74) is 5.96. The molecule has 82 valence electrons. The van der Waals surface area contributed by atoms with E-state index < -0.39 is 5.97 Å². The molecule has 3 N–H and O–H groups in total. The van der Waals surface area contributed by atoms with Crippen LogP contribution in [0.4, 0.5) is 5.82 Å². The van der Waals surface area contributed by atoms with Crippen molar-refractivity contribution in [2.24, 2.45) is 0 Å². The van der Waals surface area contributed by atoms with Crippen molar-refractivity contribution in [3.8, 4) is 0 Å².